The van der Waals surface area contributed by atoms with Gasteiger partial charge < -0.3 is 15.0 Å². The molecule has 1 aromatic heterocycles. The Kier molecular flexibility index (Phi) is 5.97. The second-order valence-electron chi connectivity index (χ2n) is 7.68. The average molecular weight is 448 g/mol. The summed E-state index contributed by atoms with van der Waals surface area (Å²) in [6, 6.07) is 18.3. The van der Waals surface area contributed by atoms with Crippen LogP contribution >= 0.6 is 11.6 Å². The molecule has 0 aliphatic carbocycles. The molecule has 0 saturated heterocycles. The molecule has 0 radical (unpaired) electrons. The number of rotatable bonds is 5. The lowest BCUT2D eigenvalue weighted by Crippen LogP contribution is -2.30. The van der Waals surface area contributed by atoms with E-state index in [4.69, 9.17) is 16.3 Å². The van der Waals surface area contributed by atoms with E-state index in [0.29, 0.717) is 21.8 Å². The van der Waals surface area contributed by atoms with E-state index >= 15 is 0 Å². The number of H-pyrrole nitrogens is 1. The van der Waals surface area contributed by atoms with E-state index in [0.717, 1.165) is 22.5 Å². The van der Waals surface area contributed by atoms with Crippen molar-refractivity contribution in [2.45, 2.75) is 26.9 Å². The molecule has 6 nitrogen and oxygen atoms in total. The molecule has 4 rings (SSSR count). The van der Waals surface area contributed by atoms with Gasteiger partial charge in [0.1, 0.15) is 5.82 Å². The fourth-order valence-electron chi connectivity index (χ4n) is 3.18. The van der Waals surface area contributed by atoms with Crippen molar-refractivity contribution in [3.63, 3.8) is 0 Å². The quantitative estimate of drug-likeness (QED) is 0.385. The molecule has 1 heterocycles. The van der Waals surface area contributed by atoms with Crippen LogP contribution in [0.3, 0.4) is 0 Å². The van der Waals surface area contributed by atoms with Crippen LogP contribution < -0.4 is 5.32 Å². The number of hydrogen-bond acceptors (Lipinski definition) is 4. The summed E-state index contributed by atoms with van der Waals surface area (Å²) in [5.41, 5.74) is 5.34. The zero-order chi connectivity index (χ0) is 22.8. The van der Waals surface area contributed by atoms with E-state index in [1.54, 1.807) is 36.4 Å². The Morgan fingerprint density at radius 2 is 1.78 bits per heavy atom. The van der Waals surface area contributed by atoms with Crippen molar-refractivity contribution in [3.8, 4) is 11.4 Å². The highest BCUT2D eigenvalue weighted by Crippen LogP contribution is 2.23. The summed E-state index contributed by atoms with van der Waals surface area (Å²) in [4.78, 5) is 32.8. The van der Waals surface area contributed by atoms with Crippen LogP contribution in [0.1, 0.15) is 28.4 Å². The fourth-order valence-corrected chi connectivity index (χ4v) is 3.36. The molecule has 0 bridgehead atoms. The molecule has 1 amide bonds. The molecule has 1 atom stereocenters. The summed E-state index contributed by atoms with van der Waals surface area (Å²) in [5, 5.41) is 3.25. The smallest absolute Gasteiger partial charge is 0.338 e. The minimum atomic E-state index is -0.983. The molecule has 0 fully saturated rings. The van der Waals surface area contributed by atoms with Crippen LogP contribution in [0.15, 0.2) is 60.7 Å². The maximum absolute atomic E-state index is 12.6. The van der Waals surface area contributed by atoms with Crippen LogP contribution in [0, 0.1) is 13.8 Å². The van der Waals surface area contributed by atoms with Gasteiger partial charge >= 0.3 is 5.97 Å². The Hall–Kier alpha value is -3.64. The number of esters is 1. The average Bonchev–Trinajstić information content (AvgIpc) is 3.20. The van der Waals surface area contributed by atoms with Crippen molar-refractivity contribution >= 4 is 40.2 Å². The zero-order valence-corrected chi connectivity index (χ0v) is 18.7. The lowest BCUT2D eigenvalue weighted by atomic mass is 10.1. The minimum absolute atomic E-state index is 0.328. The summed E-state index contributed by atoms with van der Waals surface area (Å²) in [6.07, 6.45) is -0.983. The standard InChI is InChI=1S/C25H22ClN3O3/c1-14-4-7-17(8-5-14)23-28-21-11-9-18(12-22(21)29-23)25(31)32-16(3)24(30)27-19-10-6-15(2)20(26)13-19/h4-13,16H,1-3H3,(H,27,30)(H,28,29). The number of benzene rings is 3. The monoisotopic (exact) mass is 447 g/mol. The van der Waals surface area contributed by atoms with Crippen LogP contribution in [-0.4, -0.2) is 27.9 Å². The second kappa shape index (κ2) is 8.85. The van der Waals surface area contributed by atoms with E-state index in [1.807, 2.05) is 38.1 Å². The Morgan fingerprint density at radius 3 is 2.50 bits per heavy atom. The maximum atomic E-state index is 12.6. The first kappa shape index (κ1) is 21.6. The van der Waals surface area contributed by atoms with Gasteiger partial charge in [0.05, 0.1) is 16.6 Å². The van der Waals surface area contributed by atoms with Crippen molar-refractivity contribution in [3.05, 3.63) is 82.4 Å². The van der Waals surface area contributed by atoms with Crippen molar-refractivity contribution < 1.29 is 14.3 Å². The second-order valence-corrected chi connectivity index (χ2v) is 8.09. The van der Waals surface area contributed by atoms with Gasteiger partial charge in [-0.3, -0.25) is 4.79 Å². The molecule has 0 saturated carbocycles. The third-order valence-corrected chi connectivity index (χ3v) is 5.54. The largest absolute Gasteiger partial charge is 0.449 e. The Labute approximate surface area is 190 Å². The number of aromatic nitrogens is 2. The van der Waals surface area contributed by atoms with Gasteiger partial charge in [0.2, 0.25) is 0 Å². The number of nitrogens with one attached hydrogen (secondary N) is 2. The van der Waals surface area contributed by atoms with E-state index in [-0.39, 0.29) is 0 Å². The van der Waals surface area contributed by atoms with E-state index in [2.05, 4.69) is 15.3 Å². The van der Waals surface area contributed by atoms with Crippen LogP contribution in [0.25, 0.3) is 22.4 Å². The van der Waals surface area contributed by atoms with E-state index in [1.165, 1.54) is 12.5 Å². The SMILES string of the molecule is Cc1ccc(-c2nc3ccc(C(=O)OC(C)C(=O)Nc4ccc(C)c(Cl)c4)cc3[nH]2)cc1. The van der Waals surface area contributed by atoms with Gasteiger partial charge in [-0.05, 0) is 56.7 Å². The third-order valence-electron chi connectivity index (χ3n) is 5.13. The first-order valence-electron chi connectivity index (χ1n) is 10.1. The molecule has 2 N–H and O–H groups in total. The number of ether oxygens (including phenoxy) is 1. The number of imidazole rings is 1. The highest BCUT2D eigenvalue weighted by Gasteiger charge is 2.20. The summed E-state index contributed by atoms with van der Waals surface area (Å²) in [6.45, 7) is 5.42. The third kappa shape index (κ3) is 4.65. The normalized spacial score (nSPS) is 11.9. The van der Waals surface area contributed by atoms with Gasteiger partial charge in [0, 0.05) is 16.3 Å². The van der Waals surface area contributed by atoms with Crippen LogP contribution in [0.4, 0.5) is 5.69 Å². The Bertz CT molecular complexity index is 1310. The molecule has 1 unspecified atom stereocenters. The van der Waals surface area contributed by atoms with Gasteiger partial charge in [-0.15, -0.1) is 0 Å². The van der Waals surface area contributed by atoms with Crippen molar-refractivity contribution in [2.24, 2.45) is 0 Å². The molecule has 4 aromatic rings. The van der Waals surface area contributed by atoms with Gasteiger partial charge in [0.15, 0.2) is 6.10 Å². The van der Waals surface area contributed by atoms with E-state index in [9.17, 15) is 9.59 Å². The number of aryl methyl sites for hydroxylation is 2. The number of carbonyl (C=O) groups is 2. The van der Waals surface area contributed by atoms with Crippen LogP contribution in [0.2, 0.25) is 5.02 Å². The maximum Gasteiger partial charge on any atom is 0.338 e. The number of aromatic amines is 1. The molecule has 32 heavy (non-hydrogen) atoms. The number of fused-ring (bicyclic) bond motifs is 1. The first-order valence-corrected chi connectivity index (χ1v) is 10.5. The summed E-state index contributed by atoms with van der Waals surface area (Å²) in [7, 11) is 0. The highest BCUT2D eigenvalue weighted by atomic mass is 35.5. The molecule has 0 spiro atoms. The predicted molar refractivity (Wildman–Crippen MR) is 126 cm³/mol. The number of amides is 1. The van der Waals surface area contributed by atoms with Gasteiger partial charge in [-0.2, -0.15) is 0 Å². The number of halogens is 1. The molecule has 3 aromatic carbocycles. The number of anilines is 1. The topological polar surface area (TPSA) is 84.1 Å². The Morgan fingerprint density at radius 1 is 1.03 bits per heavy atom. The summed E-state index contributed by atoms with van der Waals surface area (Å²) in [5.74, 6) is -0.319. The molecular formula is C25H22ClN3O3. The molecular weight excluding hydrogens is 426 g/mol. The van der Waals surface area contributed by atoms with E-state index < -0.39 is 18.0 Å². The lowest BCUT2D eigenvalue weighted by molar-refractivity contribution is -0.123. The first-order chi connectivity index (χ1) is 15.3. The highest BCUT2D eigenvalue weighted by molar-refractivity contribution is 6.31. The van der Waals surface area contributed by atoms with Crippen molar-refractivity contribution in [1.29, 1.82) is 0 Å². The molecule has 162 valence electrons. The molecule has 7 heteroatoms. The summed E-state index contributed by atoms with van der Waals surface area (Å²) < 4.78 is 5.36. The minimum Gasteiger partial charge on any atom is -0.449 e. The van der Waals surface area contributed by atoms with Crippen molar-refractivity contribution in [2.75, 3.05) is 5.32 Å². The Balaban J connectivity index is 1.46. The van der Waals surface area contributed by atoms with Crippen LogP contribution in [-0.2, 0) is 9.53 Å². The fraction of sp³-hybridized carbons (Fsp3) is 0.160. The van der Waals surface area contributed by atoms with Gasteiger partial charge in [-0.25, -0.2) is 9.78 Å². The van der Waals surface area contributed by atoms with Crippen LogP contribution in [0.5, 0.6) is 0 Å². The zero-order valence-electron chi connectivity index (χ0n) is 17.9. The summed E-state index contributed by atoms with van der Waals surface area (Å²) >= 11 is 6.09. The molecule has 0 aliphatic heterocycles. The lowest BCUT2D eigenvalue weighted by Gasteiger charge is -2.14. The van der Waals surface area contributed by atoms with Gasteiger partial charge in [-0.1, -0.05) is 47.5 Å². The number of carbonyl (C=O) groups excluding carboxylic acids is 2. The number of nitrogens with zero attached hydrogens (tertiary/aromatic N) is 1. The molecule has 0 aliphatic rings. The van der Waals surface area contributed by atoms with Crippen molar-refractivity contribution in [1.82, 2.24) is 9.97 Å². The number of hydrogen-bond donors (Lipinski definition) is 2. The predicted octanol–water partition coefficient (Wildman–Crippen LogP) is 5.68. The van der Waals surface area contributed by atoms with Gasteiger partial charge in [0.25, 0.3) is 5.91 Å².